The second-order valence-electron chi connectivity index (χ2n) is 3.46. The van der Waals surface area contributed by atoms with Crippen LogP contribution in [-0.4, -0.2) is 12.6 Å². The first-order valence-corrected chi connectivity index (χ1v) is 6.32. The molecule has 90 valence electrons. The van der Waals surface area contributed by atoms with E-state index in [-0.39, 0.29) is 6.03 Å². The van der Waals surface area contributed by atoms with Gasteiger partial charge in [0.25, 0.3) is 0 Å². The number of nitrogens with one attached hydrogen (secondary N) is 2. The Morgan fingerprint density at radius 3 is 2.94 bits per heavy atom. The summed E-state index contributed by atoms with van der Waals surface area (Å²) in [5, 5.41) is 7.38. The third-order valence-corrected chi connectivity index (χ3v) is 3.07. The minimum absolute atomic E-state index is 0.179. The minimum atomic E-state index is -0.179. The summed E-state index contributed by atoms with van der Waals surface area (Å²) < 4.78 is 5.62. The van der Waals surface area contributed by atoms with Crippen molar-refractivity contribution in [3.8, 4) is 10.6 Å². The SMILES string of the molecule is CCNC(=O)NCc1ccc(-c2cccs2)o1. The summed E-state index contributed by atoms with van der Waals surface area (Å²) in [6, 6.07) is 7.60. The average Bonchev–Trinajstić information content (AvgIpc) is 2.97. The van der Waals surface area contributed by atoms with Gasteiger partial charge in [0.1, 0.15) is 11.5 Å². The number of thiophene rings is 1. The molecule has 0 radical (unpaired) electrons. The lowest BCUT2D eigenvalue weighted by Crippen LogP contribution is -2.34. The molecule has 0 atom stereocenters. The molecule has 0 unspecified atom stereocenters. The largest absolute Gasteiger partial charge is 0.458 e. The molecule has 2 aromatic heterocycles. The van der Waals surface area contributed by atoms with Gasteiger partial charge in [0, 0.05) is 6.54 Å². The molecule has 0 aliphatic carbocycles. The summed E-state index contributed by atoms with van der Waals surface area (Å²) >= 11 is 1.63. The number of carbonyl (C=O) groups excluding carboxylic acids is 1. The Kier molecular flexibility index (Phi) is 3.82. The molecule has 4 nitrogen and oxygen atoms in total. The smallest absolute Gasteiger partial charge is 0.315 e. The Labute approximate surface area is 104 Å². The molecule has 17 heavy (non-hydrogen) atoms. The van der Waals surface area contributed by atoms with E-state index in [0.29, 0.717) is 13.1 Å². The van der Waals surface area contributed by atoms with Crippen LogP contribution in [0, 0.1) is 0 Å². The lowest BCUT2D eigenvalue weighted by atomic mass is 10.3. The van der Waals surface area contributed by atoms with Crippen LogP contribution < -0.4 is 10.6 Å². The van der Waals surface area contributed by atoms with Gasteiger partial charge in [0.05, 0.1) is 11.4 Å². The van der Waals surface area contributed by atoms with Crippen molar-refractivity contribution in [2.24, 2.45) is 0 Å². The van der Waals surface area contributed by atoms with E-state index in [0.717, 1.165) is 16.4 Å². The number of carbonyl (C=O) groups is 1. The summed E-state index contributed by atoms with van der Waals surface area (Å²) in [6.45, 7) is 2.89. The Balaban J connectivity index is 1.93. The lowest BCUT2D eigenvalue weighted by molar-refractivity contribution is 0.240. The Bertz CT molecular complexity index is 476. The van der Waals surface area contributed by atoms with Crippen molar-refractivity contribution in [3.05, 3.63) is 35.4 Å². The molecule has 5 heteroatoms. The molecule has 0 spiro atoms. The highest BCUT2D eigenvalue weighted by atomic mass is 32.1. The number of urea groups is 1. The molecule has 2 aromatic rings. The average molecular weight is 250 g/mol. The molecule has 0 aliphatic rings. The summed E-state index contributed by atoms with van der Waals surface area (Å²) in [4.78, 5) is 12.3. The van der Waals surface area contributed by atoms with E-state index in [2.05, 4.69) is 10.6 Å². The maximum Gasteiger partial charge on any atom is 0.315 e. The first-order valence-electron chi connectivity index (χ1n) is 5.44. The van der Waals surface area contributed by atoms with Gasteiger partial charge in [0.2, 0.25) is 0 Å². The topological polar surface area (TPSA) is 54.3 Å². The fourth-order valence-electron chi connectivity index (χ4n) is 1.41. The van der Waals surface area contributed by atoms with Gasteiger partial charge in [-0.25, -0.2) is 4.79 Å². The van der Waals surface area contributed by atoms with Crippen molar-refractivity contribution in [1.29, 1.82) is 0 Å². The molecule has 0 fully saturated rings. The van der Waals surface area contributed by atoms with E-state index >= 15 is 0 Å². The van der Waals surface area contributed by atoms with Gasteiger partial charge >= 0.3 is 6.03 Å². The molecule has 2 heterocycles. The molecular formula is C12H14N2O2S. The van der Waals surface area contributed by atoms with Gasteiger partial charge in [0.15, 0.2) is 0 Å². The van der Waals surface area contributed by atoms with Crippen molar-refractivity contribution >= 4 is 17.4 Å². The normalized spacial score (nSPS) is 10.2. The van der Waals surface area contributed by atoms with E-state index in [9.17, 15) is 4.79 Å². The van der Waals surface area contributed by atoms with Gasteiger partial charge in [-0.2, -0.15) is 0 Å². The molecular weight excluding hydrogens is 236 g/mol. The first kappa shape index (κ1) is 11.7. The summed E-state index contributed by atoms with van der Waals surface area (Å²) in [7, 11) is 0. The number of furan rings is 1. The second-order valence-corrected chi connectivity index (χ2v) is 4.40. The highest BCUT2D eigenvalue weighted by Crippen LogP contribution is 2.26. The molecule has 0 saturated carbocycles. The minimum Gasteiger partial charge on any atom is -0.458 e. The van der Waals surface area contributed by atoms with Gasteiger partial charge in [-0.05, 0) is 30.5 Å². The number of hydrogen-bond donors (Lipinski definition) is 2. The van der Waals surface area contributed by atoms with Crippen LogP contribution in [0.1, 0.15) is 12.7 Å². The molecule has 0 saturated heterocycles. The molecule has 0 aliphatic heterocycles. The molecule has 2 amide bonds. The van der Waals surface area contributed by atoms with Crippen molar-refractivity contribution < 1.29 is 9.21 Å². The predicted octanol–water partition coefficient (Wildman–Crippen LogP) is 2.83. The Morgan fingerprint density at radius 1 is 1.35 bits per heavy atom. The third kappa shape index (κ3) is 3.10. The van der Waals surface area contributed by atoms with Crippen LogP contribution in [0.3, 0.4) is 0 Å². The number of rotatable bonds is 4. The van der Waals surface area contributed by atoms with Gasteiger partial charge in [-0.15, -0.1) is 11.3 Å². The fourth-order valence-corrected chi connectivity index (χ4v) is 2.10. The van der Waals surface area contributed by atoms with Crippen LogP contribution in [0.5, 0.6) is 0 Å². The van der Waals surface area contributed by atoms with E-state index in [4.69, 9.17) is 4.42 Å². The molecule has 2 rings (SSSR count). The number of amides is 2. The van der Waals surface area contributed by atoms with Crippen LogP contribution in [-0.2, 0) is 6.54 Å². The zero-order valence-corrected chi connectivity index (χ0v) is 10.3. The molecule has 2 N–H and O–H groups in total. The van der Waals surface area contributed by atoms with E-state index in [1.807, 2.05) is 36.6 Å². The Hall–Kier alpha value is -1.75. The van der Waals surface area contributed by atoms with E-state index in [1.165, 1.54) is 0 Å². The summed E-state index contributed by atoms with van der Waals surface area (Å²) in [5.41, 5.74) is 0. The van der Waals surface area contributed by atoms with E-state index < -0.39 is 0 Å². The maximum absolute atomic E-state index is 11.2. The molecule has 0 aromatic carbocycles. The highest BCUT2D eigenvalue weighted by Gasteiger charge is 2.06. The summed E-state index contributed by atoms with van der Waals surface area (Å²) in [6.07, 6.45) is 0. The second kappa shape index (κ2) is 5.54. The van der Waals surface area contributed by atoms with Crippen molar-refractivity contribution in [1.82, 2.24) is 10.6 Å². The predicted molar refractivity (Wildman–Crippen MR) is 67.9 cm³/mol. The lowest BCUT2D eigenvalue weighted by Gasteiger charge is -2.03. The standard InChI is InChI=1S/C12H14N2O2S/c1-2-13-12(15)14-8-9-5-6-10(16-9)11-4-3-7-17-11/h3-7H,2,8H2,1H3,(H2,13,14,15). The van der Waals surface area contributed by atoms with Crippen molar-refractivity contribution in [3.63, 3.8) is 0 Å². The number of hydrogen-bond acceptors (Lipinski definition) is 3. The first-order chi connectivity index (χ1) is 8.29. The van der Waals surface area contributed by atoms with Crippen molar-refractivity contribution in [2.75, 3.05) is 6.54 Å². The van der Waals surface area contributed by atoms with Crippen LogP contribution in [0.25, 0.3) is 10.6 Å². The van der Waals surface area contributed by atoms with Crippen molar-refractivity contribution in [2.45, 2.75) is 13.5 Å². The van der Waals surface area contributed by atoms with Crippen LogP contribution in [0.2, 0.25) is 0 Å². The Morgan fingerprint density at radius 2 is 2.24 bits per heavy atom. The van der Waals surface area contributed by atoms with Gasteiger partial charge in [-0.1, -0.05) is 6.07 Å². The van der Waals surface area contributed by atoms with Crippen LogP contribution in [0.15, 0.2) is 34.1 Å². The quantitative estimate of drug-likeness (QED) is 0.876. The zero-order valence-electron chi connectivity index (χ0n) is 9.53. The van der Waals surface area contributed by atoms with Crippen LogP contribution >= 0.6 is 11.3 Å². The zero-order chi connectivity index (χ0) is 12.1. The highest BCUT2D eigenvalue weighted by molar-refractivity contribution is 7.13. The van der Waals surface area contributed by atoms with Gasteiger partial charge in [-0.3, -0.25) is 0 Å². The monoisotopic (exact) mass is 250 g/mol. The molecule has 0 bridgehead atoms. The fraction of sp³-hybridized carbons (Fsp3) is 0.250. The third-order valence-electron chi connectivity index (χ3n) is 2.19. The van der Waals surface area contributed by atoms with E-state index in [1.54, 1.807) is 11.3 Å². The van der Waals surface area contributed by atoms with Crippen LogP contribution in [0.4, 0.5) is 4.79 Å². The maximum atomic E-state index is 11.2. The van der Waals surface area contributed by atoms with Gasteiger partial charge < -0.3 is 15.1 Å². The summed E-state index contributed by atoms with van der Waals surface area (Å²) in [5.74, 6) is 1.59.